The molecule has 3 aromatic rings. The zero-order valence-corrected chi connectivity index (χ0v) is 11.3. The van der Waals surface area contributed by atoms with Crippen LogP contribution in [0.15, 0.2) is 22.8 Å². The van der Waals surface area contributed by atoms with Crippen LogP contribution in [0.4, 0.5) is 5.82 Å². The Morgan fingerprint density at radius 3 is 2.83 bits per heavy atom. The van der Waals surface area contributed by atoms with Crippen LogP contribution in [-0.4, -0.2) is 38.1 Å². The SMILES string of the molecule is Nc1nonc1-n1nnc(C(=O)[O-])c1-c1ccc2c(c1)OCO2. The van der Waals surface area contributed by atoms with Crippen LogP contribution in [0.25, 0.3) is 17.1 Å². The number of aromatic nitrogens is 5. The smallest absolute Gasteiger partial charge is 0.243 e. The molecule has 2 aromatic heterocycles. The number of carbonyl (C=O) groups is 1. The van der Waals surface area contributed by atoms with Gasteiger partial charge in [-0.25, -0.2) is 4.63 Å². The monoisotopic (exact) mass is 315 g/mol. The molecule has 1 aliphatic rings. The average Bonchev–Trinajstić information content (AvgIpc) is 3.24. The molecule has 11 nitrogen and oxygen atoms in total. The van der Waals surface area contributed by atoms with E-state index in [1.54, 1.807) is 18.2 Å². The summed E-state index contributed by atoms with van der Waals surface area (Å²) in [7, 11) is 0. The molecular formula is C12H7N6O5-. The largest absolute Gasteiger partial charge is 0.543 e. The van der Waals surface area contributed by atoms with Crippen LogP contribution in [0.5, 0.6) is 11.5 Å². The first kappa shape index (κ1) is 13.1. The number of ether oxygens (including phenoxy) is 2. The highest BCUT2D eigenvalue weighted by atomic mass is 16.7. The van der Waals surface area contributed by atoms with Crippen molar-refractivity contribution in [3.05, 3.63) is 23.9 Å². The molecule has 1 aliphatic heterocycles. The molecule has 0 saturated carbocycles. The lowest BCUT2D eigenvalue weighted by atomic mass is 10.1. The summed E-state index contributed by atoms with van der Waals surface area (Å²) in [5.74, 6) is -0.547. The molecule has 0 spiro atoms. The maximum atomic E-state index is 11.3. The quantitative estimate of drug-likeness (QED) is 0.635. The van der Waals surface area contributed by atoms with Gasteiger partial charge in [-0.05, 0) is 28.5 Å². The van der Waals surface area contributed by atoms with E-state index in [0.717, 1.165) is 4.68 Å². The van der Waals surface area contributed by atoms with Crippen molar-refractivity contribution >= 4 is 11.8 Å². The highest BCUT2D eigenvalue weighted by Crippen LogP contribution is 2.37. The van der Waals surface area contributed by atoms with Gasteiger partial charge in [-0.3, -0.25) is 0 Å². The Morgan fingerprint density at radius 1 is 1.26 bits per heavy atom. The summed E-state index contributed by atoms with van der Waals surface area (Å²) >= 11 is 0. The van der Waals surface area contributed by atoms with Crippen LogP contribution in [0, 0.1) is 0 Å². The third-order valence-corrected chi connectivity index (χ3v) is 3.21. The molecular weight excluding hydrogens is 308 g/mol. The van der Waals surface area contributed by atoms with E-state index in [4.69, 9.17) is 15.2 Å². The third-order valence-electron chi connectivity index (χ3n) is 3.21. The number of carbonyl (C=O) groups excluding carboxylic acids is 1. The van der Waals surface area contributed by atoms with E-state index in [1.165, 1.54) is 0 Å². The van der Waals surface area contributed by atoms with Gasteiger partial charge >= 0.3 is 0 Å². The van der Waals surface area contributed by atoms with Crippen molar-refractivity contribution in [1.82, 2.24) is 25.3 Å². The Morgan fingerprint density at radius 2 is 2.09 bits per heavy atom. The lowest BCUT2D eigenvalue weighted by Gasteiger charge is -2.07. The second-order valence-electron chi connectivity index (χ2n) is 4.53. The second kappa shape index (κ2) is 4.69. The topological polar surface area (TPSA) is 154 Å². The van der Waals surface area contributed by atoms with Crippen molar-refractivity contribution in [2.24, 2.45) is 0 Å². The molecule has 0 aliphatic carbocycles. The first-order valence-electron chi connectivity index (χ1n) is 6.30. The predicted octanol–water partition coefficient (Wildman–Crippen LogP) is -1.01. The predicted molar refractivity (Wildman–Crippen MR) is 69.5 cm³/mol. The Bertz CT molecular complexity index is 917. The van der Waals surface area contributed by atoms with Gasteiger partial charge in [0.2, 0.25) is 18.4 Å². The van der Waals surface area contributed by atoms with Crippen molar-refractivity contribution in [3.63, 3.8) is 0 Å². The fourth-order valence-corrected chi connectivity index (χ4v) is 2.21. The maximum Gasteiger partial charge on any atom is 0.243 e. The van der Waals surface area contributed by atoms with E-state index >= 15 is 0 Å². The van der Waals surface area contributed by atoms with Gasteiger partial charge in [-0.2, -0.15) is 4.68 Å². The standard InChI is InChI=1S/C12H8N6O5/c13-10-11(16-23-15-10)18-9(8(12(19)20)14-17-18)5-1-2-6-7(3-5)22-4-21-6/h1-3H,4H2,(H2,13,15)(H,19,20)/p-1. The van der Waals surface area contributed by atoms with Crippen molar-refractivity contribution < 1.29 is 24.0 Å². The van der Waals surface area contributed by atoms with Crippen LogP contribution in [0.2, 0.25) is 0 Å². The second-order valence-corrected chi connectivity index (χ2v) is 4.53. The molecule has 23 heavy (non-hydrogen) atoms. The Kier molecular flexibility index (Phi) is 2.66. The molecule has 1 aromatic carbocycles. The Labute approximate surface area is 127 Å². The van der Waals surface area contributed by atoms with Gasteiger partial charge < -0.3 is 25.1 Å². The number of rotatable bonds is 3. The number of anilines is 1. The molecule has 0 saturated heterocycles. The van der Waals surface area contributed by atoms with Gasteiger partial charge in [0.1, 0.15) is 11.4 Å². The summed E-state index contributed by atoms with van der Waals surface area (Å²) in [5.41, 5.74) is 5.80. The van der Waals surface area contributed by atoms with Crippen molar-refractivity contribution in [3.8, 4) is 28.6 Å². The van der Waals surface area contributed by atoms with Gasteiger partial charge in [0, 0.05) is 5.56 Å². The molecule has 0 fully saturated rings. The average molecular weight is 315 g/mol. The van der Waals surface area contributed by atoms with Crippen LogP contribution >= 0.6 is 0 Å². The number of carboxylic acid groups (broad SMARTS) is 1. The number of nitrogen functional groups attached to an aromatic ring is 1. The highest BCUT2D eigenvalue weighted by Gasteiger charge is 2.23. The van der Waals surface area contributed by atoms with Crippen LogP contribution in [0.1, 0.15) is 10.5 Å². The zero-order chi connectivity index (χ0) is 16.0. The summed E-state index contributed by atoms with van der Waals surface area (Å²) < 4.78 is 16.1. The highest BCUT2D eigenvalue weighted by molar-refractivity contribution is 5.92. The van der Waals surface area contributed by atoms with Gasteiger partial charge in [-0.1, -0.05) is 5.21 Å². The number of carboxylic acids is 1. The number of aromatic carboxylic acids is 1. The molecule has 0 amide bonds. The minimum Gasteiger partial charge on any atom is -0.543 e. The summed E-state index contributed by atoms with van der Waals surface area (Å²) in [6.45, 7) is 0.0871. The number of hydrogen-bond donors (Lipinski definition) is 1. The summed E-state index contributed by atoms with van der Waals surface area (Å²) in [6.07, 6.45) is 0. The van der Waals surface area contributed by atoms with Crippen LogP contribution in [0.3, 0.4) is 0 Å². The lowest BCUT2D eigenvalue weighted by Crippen LogP contribution is -2.23. The summed E-state index contributed by atoms with van der Waals surface area (Å²) in [5, 5.41) is 25.7. The first-order valence-corrected chi connectivity index (χ1v) is 6.30. The van der Waals surface area contributed by atoms with Gasteiger partial charge in [0.15, 0.2) is 11.5 Å². The minimum atomic E-state index is -1.50. The molecule has 0 unspecified atom stereocenters. The first-order chi connectivity index (χ1) is 11.1. The molecule has 2 N–H and O–H groups in total. The normalized spacial score (nSPS) is 12.5. The number of nitrogens with two attached hydrogens (primary N) is 1. The number of fused-ring (bicyclic) bond motifs is 1. The van der Waals surface area contributed by atoms with Gasteiger partial charge in [0.05, 0.1) is 5.97 Å². The zero-order valence-electron chi connectivity index (χ0n) is 11.3. The van der Waals surface area contributed by atoms with E-state index in [2.05, 4.69) is 25.3 Å². The molecule has 11 heteroatoms. The van der Waals surface area contributed by atoms with Crippen LogP contribution < -0.4 is 20.3 Å². The summed E-state index contributed by atoms with van der Waals surface area (Å²) in [4.78, 5) is 11.3. The fraction of sp³-hybridized carbons (Fsp3) is 0.0833. The molecule has 116 valence electrons. The van der Waals surface area contributed by atoms with Crippen molar-refractivity contribution in [2.45, 2.75) is 0 Å². The third kappa shape index (κ3) is 1.94. The number of benzene rings is 1. The van der Waals surface area contributed by atoms with Crippen molar-refractivity contribution in [2.75, 3.05) is 12.5 Å². The van der Waals surface area contributed by atoms with E-state index < -0.39 is 5.97 Å². The Balaban J connectivity index is 1.94. The maximum absolute atomic E-state index is 11.3. The molecule has 0 atom stereocenters. The van der Waals surface area contributed by atoms with E-state index in [0.29, 0.717) is 17.1 Å². The number of hydrogen-bond acceptors (Lipinski definition) is 10. The lowest BCUT2D eigenvalue weighted by molar-refractivity contribution is -0.255. The van der Waals surface area contributed by atoms with Gasteiger partial charge in [-0.15, -0.1) is 5.10 Å². The molecule has 3 heterocycles. The van der Waals surface area contributed by atoms with Gasteiger partial charge in [0.25, 0.3) is 0 Å². The molecule has 4 rings (SSSR count). The van der Waals surface area contributed by atoms with E-state index in [-0.39, 0.29) is 29.8 Å². The molecule has 0 radical (unpaired) electrons. The fourth-order valence-electron chi connectivity index (χ4n) is 2.21. The van der Waals surface area contributed by atoms with Crippen molar-refractivity contribution in [1.29, 1.82) is 0 Å². The summed E-state index contributed by atoms with van der Waals surface area (Å²) in [6, 6.07) is 4.85. The Hall–Kier alpha value is -3.63. The minimum absolute atomic E-state index is 0.0117. The number of nitrogens with zero attached hydrogens (tertiary/aromatic N) is 5. The molecule has 0 bridgehead atoms. The van der Waals surface area contributed by atoms with E-state index in [1.807, 2.05) is 0 Å². The van der Waals surface area contributed by atoms with E-state index in [9.17, 15) is 9.90 Å². The van der Waals surface area contributed by atoms with Crippen LogP contribution in [-0.2, 0) is 0 Å².